The zero-order chi connectivity index (χ0) is 13.4. The summed E-state index contributed by atoms with van der Waals surface area (Å²) in [6, 6.07) is 4.42. The average molecular weight is 319 g/mol. The van der Waals surface area contributed by atoms with E-state index in [-0.39, 0.29) is 0 Å². The number of nitrogens with zero attached hydrogens (tertiary/aromatic N) is 1. The second-order valence-corrected chi connectivity index (χ2v) is 6.38. The van der Waals surface area contributed by atoms with Gasteiger partial charge in [-0.05, 0) is 49.9 Å². The molecule has 0 bridgehead atoms. The largest absolute Gasteiger partial charge is 0.342 e. The highest BCUT2D eigenvalue weighted by Crippen LogP contribution is 2.34. The van der Waals surface area contributed by atoms with E-state index in [1.54, 1.807) is 0 Å². The highest BCUT2D eigenvalue weighted by Gasteiger charge is 2.20. The highest BCUT2D eigenvalue weighted by molar-refractivity contribution is 9.10. The summed E-state index contributed by atoms with van der Waals surface area (Å²) < 4.78 is 1.20. The average Bonchev–Trinajstić information content (AvgIpc) is 3.05. The molecule has 0 amide bonds. The Balaban J connectivity index is 1.94. The first kappa shape index (κ1) is 12.9. The number of imidazole rings is 1. The molecule has 0 spiro atoms. The summed E-state index contributed by atoms with van der Waals surface area (Å²) in [7, 11) is 0. The lowest BCUT2D eigenvalue weighted by Crippen LogP contribution is -1.94. The SMILES string of the molecule is Cc1cc(-c2cnc(C3CCCC3)[nH]2)cc(C)c1Br. The minimum Gasteiger partial charge on any atom is -0.342 e. The van der Waals surface area contributed by atoms with Gasteiger partial charge in [0.25, 0.3) is 0 Å². The van der Waals surface area contributed by atoms with Gasteiger partial charge in [0, 0.05) is 16.0 Å². The molecule has 0 aliphatic heterocycles. The zero-order valence-electron chi connectivity index (χ0n) is 11.5. The van der Waals surface area contributed by atoms with Crippen LogP contribution in [0.2, 0.25) is 0 Å². The summed E-state index contributed by atoms with van der Waals surface area (Å²) in [4.78, 5) is 8.11. The number of aromatic amines is 1. The van der Waals surface area contributed by atoms with Gasteiger partial charge in [-0.1, -0.05) is 28.8 Å². The molecule has 3 heteroatoms. The third-order valence-corrected chi connectivity index (χ3v) is 5.34. The van der Waals surface area contributed by atoms with E-state index >= 15 is 0 Å². The van der Waals surface area contributed by atoms with Crippen molar-refractivity contribution in [3.8, 4) is 11.3 Å². The van der Waals surface area contributed by atoms with Crippen LogP contribution < -0.4 is 0 Å². The Morgan fingerprint density at radius 1 is 1.16 bits per heavy atom. The Labute approximate surface area is 122 Å². The molecule has 1 aromatic heterocycles. The molecule has 1 saturated carbocycles. The Bertz CT molecular complexity index is 572. The minimum absolute atomic E-state index is 0.645. The van der Waals surface area contributed by atoms with Crippen molar-refractivity contribution < 1.29 is 0 Å². The monoisotopic (exact) mass is 318 g/mol. The van der Waals surface area contributed by atoms with Gasteiger partial charge >= 0.3 is 0 Å². The second kappa shape index (κ2) is 5.12. The van der Waals surface area contributed by atoms with Gasteiger partial charge in [-0.3, -0.25) is 0 Å². The van der Waals surface area contributed by atoms with E-state index < -0.39 is 0 Å². The van der Waals surface area contributed by atoms with Gasteiger partial charge in [0.1, 0.15) is 5.82 Å². The van der Waals surface area contributed by atoms with Crippen molar-refractivity contribution in [3.05, 3.63) is 39.8 Å². The quantitative estimate of drug-likeness (QED) is 0.818. The third-order valence-electron chi connectivity index (χ3n) is 4.08. The maximum absolute atomic E-state index is 4.59. The van der Waals surface area contributed by atoms with Crippen LogP contribution >= 0.6 is 15.9 Å². The first-order valence-corrected chi connectivity index (χ1v) is 7.76. The van der Waals surface area contributed by atoms with Crippen molar-refractivity contribution in [1.29, 1.82) is 0 Å². The molecule has 0 radical (unpaired) electrons. The molecule has 19 heavy (non-hydrogen) atoms. The van der Waals surface area contributed by atoms with Crippen LogP contribution in [-0.2, 0) is 0 Å². The lowest BCUT2D eigenvalue weighted by Gasteiger charge is -2.07. The van der Waals surface area contributed by atoms with E-state index in [2.05, 4.69) is 51.9 Å². The molecule has 1 aromatic carbocycles. The molecule has 2 aromatic rings. The van der Waals surface area contributed by atoms with E-state index in [0.29, 0.717) is 5.92 Å². The van der Waals surface area contributed by atoms with E-state index in [1.165, 1.54) is 52.7 Å². The topological polar surface area (TPSA) is 28.7 Å². The normalized spacial score (nSPS) is 16.2. The van der Waals surface area contributed by atoms with Crippen molar-refractivity contribution in [2.45, 2.75) is 45.4 Å². The minimum atomic E-state index is 0.645. The second-order valence-electron chi connectivity index (χ2n) is 5.59. The summed E-state index contributed by atoms with van der Waals surface area (Å²) in [6.45, 7) is 4.27. The summed E-state index contributed by atoms with van der Waals surface area (Å²) in [6.07, 6.45) is 7.24. The molecule has 3 rings (SSSR count). The van der Waals surface area contributed by atoms with Crippen molar-refractivity contribution in [2.24, 2.45) is 0 Å². The van der Waals surface area contributed by atoms with Crippen LogP contribution in [0.25, 0.3) is 11.3 Å². The van der Waals surface area contributed by atoms with Crippen molar-refractivity contribution in [2.75, 3.05) is 0 Å². The molecule has 100 valence electrons. The highest BCUT2D eigenvalue weighted by atomic mass is 79.9. The van der Waals surface area contributed by atoms with Gasteiger partial charge in [-0.25, -0.2) is 4.98 Å². The van der Waals surface area contributed by atoms with Crippen LogP contribution in [0.4, 0.5) is 0 Å². The maximum Gasteiger partial charge on any atom is 0.109 e. The van der Waals surface area contributed by atoms with Gasteiger partial charge in [-0.15, -0.1) is 0 Å². The summed E-state index contributed by atoms with van der Waals surface area (Å²) in [5, 5.41) is 0. The fourth-order valence-corrected chi connectivity index (χ4v) is 3.22. The molecule has 2 nitrogen and oxygen atoms in total. The summed E-state index contributed by atoms with van der Waals surface area (Å²) in [5.41, 5.74) is 4.91. The lowest BCUT2D eigenvalue weighted by atomic mass is 10.1. The molecule has 1 N–H and O–H groups in total. The van der Waals surface area contributed by atoms with E-state index in [0.717, 1.165) is 5.69 Å². The molecule has 0 atom stereocenters. The number of hydrogen-bond acceptors (Lipinski definition) is 1. The number of hydrogen-bond donors (Lipinski definition) is 1. The number of rotatable bonds is 2. The molecule has 1 aliphatic carbocycles. The molecular weight excluding hydrogens is 300 g/mol. The molecule has 1 aliphatic rings. The van der Waals surface area contributed by atoms with Gasteiger partial charge in [-0.2, -0.15) is 0 Å². The van der Waals surface area contributed by atoms with E-state index in [4.69, 9.17) is 0 Å². The molecule has 1 heterocycles. The van der Waals surface area contributed by atoms with Crippen LogP contribution in [0.3, 0.4) is 0 Å². The molecule has 0 saturated heterocycles. The van der Waals surface area contributed by atoms with Crippen LogP contribution in [-0.4, -0.2) is 9.97 Å². The van der Waals surface area contributed by atoms with E-state index in [1.807, 2.05) is 6.20 Å². The van der Waals surface area contributed by atoms with Gasteiger partial charge in [0.15, 0.2) is 0 Å². The predicted molar refractivity (Wildman–Crippen MR) is 82.4 cm³/mol. The zero-order valence-corrected chi connectivity index (χ0v) is 13.0. The van der Waals surface area contributed by atoms with Crippen molar-refractivity contribution in [1.82, 2.24) is 9.97 Å². The Morgan fingerprint density at radius 3 is 2.42 bits per heavy atom. The molecule has 0 unspecified atom stereocenters. The first-order valence-electron chi connectivity index (χ1n) is 6.97. The Hall–Kier alpha value is -1.09. The third kappa shape index (κ3) is 2.48. The van der Waals surface area contributed by atoms with Crippen LogP contribution in [0, 0.1) is 13.8 Å². The van der Waals surface area contributed by atoms with Gasteiger partial charge < -0.3 is 4.98 Å². The van der Waals surface area contributed by atoms with Crippen LogP contribution in [0.1, 0.15) is 48.6 Å². The van der Waals surface area contributed by atoms with Crippen LogP contribution in [0.5, 0.6) is 0 Å². The van der Waals surface area contributed by atoms with E-state index in [9.17, 15) is 0 Å². The maximum atomic E-state index is 4.59. The predicted octanol–water partition coefficient (Wildman–Crippen LogP) is 5.11. The number of H-pyrrole nitrogens is 1. The Kier molecular flexibility index (Phi) is 3.48. The number of aryl methyl sites for hydroxylation is 2. The Morgan fingerprint density at radius 2 is 1.79 bits per heavy atom. The number of nitrogens with one attached hydrogen (secondary N) is 1. The summed E-state index contributed by atoms with van der Waals surface area (Å²) in [5.74, 6) is 1.82. The fraction of sp³-hybridized carbons (Fsp3) is 0.438. The first-order chi connectivity index (χ1) is 9.15. The van der Waals surface area contributed by atoms with Gasteiger partial charge in [0.05, 0.1) is 11.9 Å². The number of halogens is 1. The van der Waals surface area contributed by atoms with Crippen molar-refractivity contribution >= 4 is 15.9 Å². The standard InChI is InChI=1S/C16H19BrN2/c1-10-7-13(8-11(2)15(10)17)14-9-18-16(19-14)12-5-3-4-6-12/h7-9,12H,3-6H2,1-2H3,(H,18,19). The van der Waals surface area contributed by atoms with Gasteiger partial charge in [0.2, 0.25) is 0 Å². The number of aromatic nitrogens is 2. The van der Waals surface area contributed by atoms with Crippen LogP contribution in [0.15, 0.2) is 22.8 Å². The lowest BCUT2D eigenvalue weighted by molar-refractivity contribution is 0.679. The number of benzene rings is 1. The smallest absolute Gasteiger partial charge is 0.109 e. The molecular formula is C16H19BrN2. The van der Waals surface area contributed by atoms with Crippen molar-refractivity contribution in [3.63, 3.8) is 0 Å². The molecule has 1 fully saturated rings. The fourth-order valence-electron chi connectivity index (χ4n) is 2.99. The summed E-state index contributed by atoms with van der Waals surface area (Å²) >= 11 is 3.62.